The van der Waals surface area contributed by atoms with Crippen LogP contribution >= 0.6 is 11.6 Å². The molecule has 1 N–H and O–H groups in total. The van der Waals surface area contributed by atoms with E-state index in [0.29, 0.717) is 40.9 Å². The van der Waals surface area contributed by atoms with Crippen molar-refractivity contribution in [2.75, 3.05) is 25.5 Å². The van der Waals surface area contributed by atoms with Crippen LogP contribution in [0, 0.1) is 5.41 Å². The van der Waals surface area contributed by atoms with Crippen LogP contribution in [0.1, 0.15) is 56.9 Å². The molecule has 2 aromatic carbocycles. The molecule has 9 nitrogen and oxygen atoms in total. The van der Waals surface area contributed by atoms with Crippen molar-refractivity contribution in [3.8, 4) is 5.75 Å². The molecule has 212 valence electrons. The molecule has 3 aromatic rings. The van der Waals surface area contributed by atoms with Gasteiger partial charge in [-0.25, -0.2) is 9.78 Å². The highest BCUT2D eigenvalue weighted by Gasteiger charge is 2.30. The lowest BCUT2D eigenvalue weighted by Gasteiger charge is -2.34. The number of carbonyl (C=O) groups is 3. The van der Waals surface area contributed by atoms with Crippen molar-refractivity contribution in [2.45, 2.75) is 52.6 Å². The minimum Gasteiger partial charge on any atom is -0.410 e. The Kier molecular flexibility index (Phi) is 8.54. The zero-order valence-electron chi connectivity index (χ0n) is 23.6. The largest absolute Gasteiger partial charge is 0.415 e. The number of nitrogens with zero attached hydrogens (tertiary/aromatic N) is 4. The maximum atomic E-state index is 13.1. The van der Waals surface area contributed by atoms with Gasteiger partial charge in [-0.3, -0.25) is 14.9 Å². The van der Waals surface area contributed by atoms with Crippen LogP contribution in [0.5, 0.6) is 5.75 Å². The number of carbonyl (C=O) groups excluding carboxylic acids is 3. The van der Waals surface area contributed by atoms with Gasteiger partial charge in [0.1, 0.15) is 5.75 Å². The maximum Gasteiger partial charge on any atom is 0.415 e. The summed E-state index contributed by atoms with van der Waals surface area (Å²) in [4.78, 5) is 46.4. The number of imidazole rings is 1. The Morgan fingerprint density at radius 2 is 1.90 bits per heavy atom. The van der Waals surface area contributed by atoms with Crippen LogP contribution in [0.3, 0.4) is 0 Å². The summed E-state index contributed by atoms with van der Waals surface area (Å²) in [6, 6.07) is 11.6. The molecule has 10 heteroatoms. The fraction of sp³-hybridized carbons (Fsp3) is 0.400. The molecule has 1 aromatic heterocycles. The molecule has 0 spiro atoms. The highest BCUT2D eigenvalue weighted by Crippen LogP contribution is 2.33. The number of fused-ring (bicyclic) bond motifs is 1. The SMILES string of the molecule is C=CC(=O)N1CCCC(n2c(NC(=O)c3ccc(Cl)cc3)nc3cc(OC(=O)N(C)[C@@H](C)C(C)(C)C)ccc32)C1. The first kappa shape index (κ1) is 29.1. The molecule has 1 saturated heterocycles. The van der Waals surface area contributed by atoms with E-state index >= 15 is 0 Å². The Hall–Kier alpha value is -3.85. The van der Waals surface area contributed by atoms with Gasteiger partial charge in [-0.05, 0) is 67.7 Å². The minimum atomic E-state index is -0.469. The van der Waals surface area contributed by atoms with Gasteiger partial charge in [0.25, 0.3) is 5.91 Å². The second-order valence-corrected chi connectivity index (χ2v) is 11.7. The molecule has 1 aliphatic rings. The molecule has 2 heterocycles. The second kappa shape index (κ2) is 11.7. The molecule has 3 amide bonds. The van der Waals surface area contributed by atoms with E-state index in [2.05, 4.69) is 32.7 Å². The van der Waals surface area contributed by atoms with E-state index in [1.807, 2.05) is 17.6 Å². The van der Waals surface area contributed by atoms with Gasteiger partial charge in [0, 0.05) is 42.8 Å². The summed E-state index contributed by atoms with van der Waals surface area (Å²) < 4.78 is 7.64. The fourth-order valence-electron chi connectivity index (χ4n) is 4.78. The third-order valence-corrected chi connectivity index (χ3v) is 7.82. The molecule has 1 unspecified atom stereocenters. The van der Waals surface area contributed by atoms with Crippen molar-refractivity contribution >= 4 is 46.5 Å². The molecule has 1 aliphatic heterocycles. The third kappa shape index (κ3) is 6.31. The second-order valence-electron chi connectivity index (χ2n) is 11.2. The number of likely N-dealkylation sites (tertiary alicyclic amines) is 1. The normalized spacial score (nSPS) is 16.4. The van der Waals surface area contributed by atoms with Crippen LogP contribution < -0.4 is 10.1 Å². The van der Waals surface area contributed by atoms with Gasteiger partial charge in [-0.1, -0.05) is 39.0 Å². The van der Waals surface area contributed by atoms with E-state index in [1.54, 1.807) is 53.2 Å². The number of nitrogens with one attached hydrogen (secondary N) is 1. The van der Waals surface area contributed by atoms with E-state index in [-0.39, 0.29) is 29.3 Å². The van der Waals surface area contributed by atoms with Crippen LogP contribution in [0.15, 0.2) is 55.1 Å². The highest BCUT2D eigenvalue weighted by molar-refractivity contribution is 6.30. The molecule has 4 rings (SSSR count). The van der Waals surface area contributed by atoms with Gasteiger partial charge < -0.3 is 19.1 Å². The summed E-state index contributed by atoms with van der Waals surface area (Å²) in [6.07, 6.45) is 2.43. The number of piperidine rings is 1. The minimum absolute atomic E-state index is 0.0508. The smallest absolute Gasteiger partial charge is 0.410 e. The molecule has 0 bridgehead atoms. The quantitative estimate of drug-likeness (QED) is 0.361. The number of amides is 3. The molecule has 1 fully saturated rings. The van der Waals surface area contributed by atoms with Gasteiger partial charge in [0.05, 0.1) is 17.1 Å². The first-order valence-electron chi connectivity index (χ1n) is 13.3. The summed E-state index contributed by atoms with van der Waals surface area (Å²) in [6.45, 7) is 12.9. The number of aromatic nitrogens is 2. The Morgan fingerprint density at radius 3 is 2.55 bits per heavy atom. The van der Waals surface area contributed by atoms with Crippen molar-refractivity contribution in [2.24, 2.45) is 5.41 Å². The van der Waals surface area contributed by atoms with E-state index in [1.165, 1.54) is 6.08 Å². The average Bonchev–Trinajstić information content (AvgIpc) is 3.28. The van der Waals surface area contributed by atoms with Crippen molar-refractivity contribution in [3.63, 3.8) is 0 Å². The number of rotatable bonds is 6. The van der Waals surface area contributed by atoms with Gasteiger partial charge >= 0.3 is 6.09 Å². The molecule has 40 heavy (non-hydrogen) atoms. The molecule has 2 atom stereocenters. The van der Waals surface area contributed by atoms with Gasteiger partial charge in [0.15, 0.2) is 0 Å². The summed E-state index contributed by atoms with van der Waals surface area (Å²) in [5, 5.41) is 3.46. The number of ether oxygens (including phenoxy) is 1. The Morgan fingerprint density at radius 1 is 1.20 bits per heavy atom. The highest BCUT2D eigenvalue weighted by atomic mass is 35.5. The maximum absolute atomic E-state index is 13.1. The number of hydrogen-bond acceptors (Lipinski definition) is 5. The summed E-state index contributed by atoms with van der Waals surface area (Å²) in [7, 11) is 1.72. The van der Waals surface area contributed by atoms with Crippen molar-refractivity contribution in [3.05, 3.63) is 65.7 Å². The third-order valence-electron chi connectivity index (χ3n) is 7.57. The number of hydrogen-bond donors (Lipinski definition) is 1. The predicted molar refractivity (Wildman–Crippen MR) is 157 cm³/mol. The molecule has 0 radical (unpaired) electrons. The number of halogens is 1. The van der Waals surface area contributed by atoms with Crippen LogP contribution in [0.4, 0.5) is 10.7 Å². The molecule has 0 aliphatic carbocycles. The summed E-state index contributed by atoms with van der Waals surface area (Å²) >= 11 is 5.99. The van der Waals surface area contributed by atoms with Gasteiger partial charge in [-0.2, -0.15) is 0 Å². The molecule has 0 saturated carbocycles. The number of benzene rings is 2. The van der Waals surface area contributed by atoms with Crippen LogP contribution in [0.2, 0.25) is 5.02 Å². The van der Waals surface area contributed by atoms with Crippen LogP contribution in [0.25, 0.3) is 11.0 Å². The van der Waals surface area contributed by atoms with Gasteiger partial charge in [0.2, 0.25) is 11.9 Å². The Labute approximate surface area is 239 Å². The predicted octanol–water partition coefficient (Wildman–Crippen LogP) is 6.16. The monoisotopic (exact) mass is 565 g/mol. The standard InChI is InChI=1S/C30H36ClN5O4/c1-7-26(37)35-16-8-9-22(18-35)36-25-15-14-23(40-29(39)34(6)19(2)30(3,4)5)17-24(25)32-28(36)33-27(38)20-10-12-21(31)13-11-20/h7,10-15,17,19,22H,1,8-9,16,18H2,2-6H3,(H,32,33,38)/t19-,22?/m0/s1. The first-order valence-corrected chi connectivity index (χ1v) is 13.7. The van der Waals surface area contributed by atoms with Gasteiger partial charge in [-0.15, -0.1) is 0 Å². The fourth-order valence-corrected chi connectivity index (χ4v) is 4.91. The van der Waals surface area contributed by atoms with Crippen molar-refractivity contribution in [1.82, 2.24) is 19.4 Å². The Balaban J connectivity index is 1.68. The zero-order valence-corrected chi connectivity index (χ0v) is 24.4. The zero-order chi connectivity index (χ0) is 29.2. The van der Waals surface area contributed by atoms with Crippen LogP contribution in [-0.2, 0) is 4.79 Å². The summed E-state index contributed by atoms with van der Waals surface area (Å²) in [5.74, 6) is 0.212. The first-order chi connectivity index (χ1) is 18.9. The lowest BCUT2D eigenvalue weighted by Crippen LogP contribution is -2.44. The van der Waals surface area contributed by atoms with E-state index < -0.39 is 6.09 Å². The topological polar surface area (TPSA) is 96.8 Å². The molecular weight excluding hydrogens is 530 g/mol. The summed E-state index contributed by atoms with van der Waals surface area (Å²) in [5.41, 5.74) is 1.62. The Bertz CT molecular complexity index is 1430. The lowest BCUT2D eigenvalue weighted by molar-refractivity contribution is -0.127. The average molecular weight is 566 g/mol. The van der Waals surface area contributed by atoms with E-state index in [9.17, 15) is 14.4 Å². The van der Waals surface area contributed by atoms with E-state index in [0.717, 1.165) is 18.4 Å². The molecular formula is C30H36ClN5O4. The van der Waals surface area contributed by atoms with Crippen LogP contribution in [-0.4, -0.2) is 63.4 Å². The lowest BCUT2D eigenvalue weighted by atomic mass is 9.87. The van der Waals surface area contributed by atoms with Crippen molar-refractivity contribution in [1.29, 1.82) is 0 Å². The number of anilines is 1. The van der Waals surface area contributed by atoms with Crippen molar-refractivity contribution < 1.29 is 19.1 Å². The van der Waals surface area contributed by atoms with E-state index in [4.69, 9.17) is 21.3 Å².